The van der Waals surface area contributed by atoms with Gasteiger partial charge in [0.25, 0.3) is 5.91 Å². The molecule has 6 heteroatoms. The lowest BCUT2D eigenvalue weighted by molar-refractivity contribution is 0.0938. The molecule has 0 aliphatic heterocycles. The Balaban J connectivity index is 2.07. The Kier molecular flexibility index (Phi) is 5.33. The number of nitrogens with one attached hydrogen (secondary N) is 1. The van der Waals surface area contributed by atoms with Gasteiger partial charge >= 0.3 is 0 Å². The zero-order valence-corrected chi connectivity index (χ0v) is 13.3. The van der Waals surface area contributed by atoms with Gasteiger partial charge in [-0.05, 0) is 54.7 Å². The first kappa shape index (κ1) is 15.9. The fourth-order valence-corrected chi connectivity index (χ4v) is 2.90. The van der Waals surface area contributed by atoms with Crippen LogP contribution < -0.4 is 5.32 Å². The fourth-order valence-electron chi connectivity index (χ4n) is 2.02. The van der Waals surface area contributed by atoms with E-state index < -0.39 is 11.7 Å². The second-order valence-corrected chi connectivity index (χ2v) is 6.09. The van der Waals surface area contributed by atoms with Crippen molar-refractivity contribution in [2.24, 2.45) is 0 Å². The van der Waals surface area contributed by atoms with Gasteiger partial charge in [-0.15, -0.1) is 0 Å². The number of carbonyl (C=O) groups excluding carboxylic acids is 1. The van der Waals surface area contributed by atoms with E-state index in [4.69, 9.17) is 11.6 Å². The van der Waals surface area contributed by atoms with Crippen LogP contribution in [0.1, 0.15) is 22.0 Å². The molecule has 1 aromatic heterocycles. The van der Waals surface area contributed by atoms with E-state index in [0.29, 0.717) is 11.6 Å². The largest absolute Gasteiger partial charge is 0.350 e. The maximum absolute atomic E-state index is 13.6. The number of amides is 1. The summed E-state index contributed by atoms with van der Waals surface area (Å²) in [4.78, 5) is 14.1. The normalized spacial score (nSPS) is 12.4. The Labute approximate surface area is 132 Å². The molecule has 2 rings (SSSR count). The number of nitrogens with zero attached hydrogens (tertiary/aromatic N) is 1. The van der Waals surface area contributed by atoms with Gasteiger partial charge in [0.15, 0.2) is 0 Å². The van der Waals surface area contributed by atoms with Crippen LogP contribution in [0.25, 0.3) is 0 Å². The van der Waals surface area contributed by atoms with Crippen molar-refractivity contribution in [1.29, 1.82) is 0 Å². The first-order valence-electron chi connectivity index (χ1n) is 6.41. The van der Waals surface area contributed by atoms with Gasteiger partial charge in [0.2, 0.25) is 0 Å². The molecular formula is C15H16ClFN2OS. The number of likely N-dealkylation sites (N-methyl/N-ethyl adjacent to an activating group) is 1. The smallest absolute Gasteiger partial charge is 0.254 e. The minimum Gasteiger partial charge on any atom is -0.350 e. The molecule has 1 atom stereocenters. The molecule has 0 aliphatic carbocycles. The number of benzene rings is 1. The lowest BCUT2D eigenvalue weighted by atomic mass is 10.1. The molecule has 0 saturated heterocycles. The van der Waals surface area contributed by atoms with Crippen molar-refractivity contribution in [3.05, 3.63) is 57.0 Å². The van der Waals surface area contributed by atoms with Crippen molar-refractivity contribution in [2.45, 2.75) is 6.04 Å². The second-order valence-electron chi connectivity index (χ2n) is 4.87. The van der Waals surface area contributed by atoms with Crippen molar-refractivity contribution in [1.82, 2.24) is 10.2 Å². The highest BCUT2D eigenvalue weighted by atomic mass is 35.5. The average Bonchev–Trinajstić information content (AvgIpc) is 2.95. The minimum atomic E-state index is -0.575. The first-order chi connectivity index (χ1) is 9.99. The van der Waals surface area contributed by atoms with Gasteiger partial charge in [-0.25, -0.2) is 4.39 Å². The third-order valence-electron chi connectivity index (χ3n) is 3.18. The summed E-state index contributed by atoms with van der Waals surface area (Å²) in [7, 11) is 3.88. The summed E-state index contributed by atoms with van der Waals surface area (Å²) in [5.41, 5.74) is 1.09. The Hall–Kier alpha value is -1.43. The van der Waals surface area contributed by atoms with E-state index in [0.717, 1.165) is 5.56 Å². The summed E-state index contributed by atoms with van der Waals surface area (Å²) in [6.45, 7) is 0.397. The van der Waals surface area contributed by atoms with Crippen LogP contribution in [0.2, 0.25) is 5.02 Å². The van der Waals surface area contributed by atoms with Gasteiger partial charge in [0, 0.05) is 11.6 Å². The summed E-state index contributed by atoms with van der Waals surface area (Å²) in [5.74, 6) is -1.04. The number of hydrogen-bond acceptors (Lipinski definition) is 3. The third kappa shape index (κ3) is 4.03. The highest BCUT2D eigenvalue weighted by molar-refractivity contribution is 7.07. The van der Waals surface area contributed by atoms with Crippen molar-refractivity contribution < 1.29 is 9.18 Å². The molecule has 112 valence electrons. The van der Waals surface area contributed by atoms with Gasteiger partial charge in [-0.1, -0.05) is 11.6 Å². The highest BCUT2D eigenvalue weighted by Crippen LogP contribution is 2.20. The van der Waals surface area contributed by atoms with E-state index in [9.17, 15) is 9.18 Å². The molecule has 0 spiro atoms. The molecule has 0 bridgehead atoms. The number of rotatable bonds is 5. The zero-order chi connectivity index (χ0) is 15.4. The minimum absolute atomic E-state index is 0.0367. The fraction of sp³-hybridized carbons (Fsp3) is 0.267. The number of hydrogen-bond donors (Lipinski definition) is 1. The molecule has 21 heavy (non-hydrogen) atoms. The third-order valence-corrected chi connectivity index (χ3v) is 4.12. The van der Waals surface area contributed by atoms with E-state index >= 15 is 0 Å². The van der Waals surface area contributed by atoms with Gasteiger partial charge in [-0.3, -0.25) is 4.79 Å². The number of halogens is 2. The van der Waals surface area contributed by atoms with Crippen LogP contribution in [0.3, 0.4) is 0 Å². The van der Waals surface area contributed by atoms with Crippen LogP contribution in [0.15, 0.2) is 35.0 Å². The summed E-state index contributed by atoms with van der Waals surface area (Å²) < 4.78 is 13.6. The van der Waals surface area contributed by atoms with Gasteiger partial charge in [0.05, 0.1) is 11.6 Å². The van der Waals surface area contributed by atoms with E-state index in [1.807, 2.05) is 35.8 Å². The molecule has 0 saturated carbocycles. The topological polar surface area (TPSA) is 32.3 Å². The molecule has 2 aromatic rings. The maximum atomic E-state index is 13.6. The SMILES string of the molecule is CN(C)[C@@H](CNC(=O)c1cc(Cl)ccc1F)c1ccsc1. The van der Waals surface area contributed by atoms with E-state index in [2.05, 4.69) is 5.32 Å². The van der Waals surface area contributed by atoms with E-state index in [-0.39, 0.29) is 11.6 Å². The zero-order valence-electron chi connectivity index (χ0n) is 11.8. The van der Waals surface area contributed by atoms with Crippen LogP contribution in [0, 0.1) is 5.82 Å². The Bertz CT molecular complexity index is 616. The molecular weight excluding hydrogens is 311 g/mol. The lowest BCUT2D eigenvalue weighted by Crippen LogP contribution is -2.34. The Morgan fingerprint density at radius 3 is 2.81 bits per heavy atom. The Morgan fingerprint density at radius 1 is 1.43 bits per heavy atom. The first-order valence-corrected chi connectivity index (χ1v) is 7.73. The summed E-state index contributed by atoms with van der Waals surface area (Å²) in [5, 5.41) is 7.13. The standard InChI is InChI=1S/C15H16ClFN2OS/c1-19(2)14(10-5-6-21-9-10)8-18-15(20)12-7-11(16)3-4-13(12)17/h3-7,9,14H,8H2,1-2H3,(H,18,20)/t14-/m0/s1. The van der Waals surface area contributed by atoms with Crippen molar-refractivity contribution >= 4 is 28.8 Å². The van der Waals surface area contributed by atoms with Crippen LogP contribution in [0.4, 0.5) is 4.39 Å². The van der Waals surface area contributed by atoms with Crippen molar-refractivity contribution in [3.63, 3.8) is 0 Å². The van der Waals surface area contributed by atoms with Crippen LogP contribution in [-0.4, -0.2) is 31.4 Å². The number of thiophene rings is 1. The molecule has 1 heterocycles. The molecule has 0 aliphatic rings. The molecule has 0 unspecified atom stereocenters. The van der Waals surface area contributed by atoms with E-state index in [1.165, 1.54) is 18.2 Å². The van der Waals surface area contributed by atoms with E-state index in [1.54, 1.807) is 11.3 Å². The van der Waals surface area contributed by atoms with Gasteiger partial charge in [-0.2, -0.15) is 11.3 Å². The molecule has 0 radical (unpaired) electrons. The quantitative estimate of drug-likeness (QED) is 0.911. The van der Waals surface area contributed by atoms with Crippen LogP contribution in [-0.2, 0) is 0 Å². The Morgan fingerprint density at radius 2 is 2.19 bits per heavy atom. The predicted octanol–water partition coefficient (Wildman–Crippen LogP) is 3.57. The second kappa shape index (κ2) is 7.02. The molecule has 0 fully saturated rings. The predicted molar refractivity (Wildman–Crippen MR) is 84.5 cm³/mol. The summed E-state index contributed by atoms with van der Waals surface area (Å²) in [6, 6.07) is 6.01. The molecule has 3 nitrogen and oxygen atoms in total. The van der Waals surface area contributed by atoms with Gasteiger partial charge < -0.3 is 10.2 Å². The molecule has 1 N–H and O–H groups in total. The summed E-state index contributed by atoms with van der Waals surface area (Å²) in [6.07, 6.45) is 0. The maximum Gasteiger partial charge on any atom is 0.254 e. The van der Waals surface area contributed by atoms with Crippen molar-refractivity contribution in [3.8, 4) is 0 Å². The summed E-state index contributed by atoms with van der Waals surface area (Å²) >= 11 is 7.41. The monoisotopic (exact) mass is 326 g/mol. The van der Waals surface area contributed by atoms with Gasteiger partial charge in [0.1, 0.15) is 5.82 Å². The lowest BCUT2D eigenvalue weighted by Gasteiger charge is -2.24. The number of carbonyl (C=O) groups is 1. The highest BCUT2D eigenvalue weighted by Gasteiger charge is 2.18. The van der Waals surface area contributed by atoms with Crippen LogP contribution >= 0.6 is 22.9 Å². The molecule has 1 amide bonds. The van der Waals surface area contributed by atoms with Crippen molar-refractivity contribution in [2.75, 3.05) is 20.6 Å². The van der Waals surface area contributed by atoms with Crippen LogP contribution in [0.5, 0.6) is 0 Å². The molecule has 1 aromatic carbocycles. The average molecular weight is 327 g/mol.